The number of ether oxygens (including phenoxy) is 2. The van der Waals surface area contributed by atoms with Gasteiger partial charge in [-0.3, -0.25) is 4.79 Å². The van der Waals surface area contributed by atoms with Crippen LogP contribution in [0.25, 0.3) is 11.1 Å². The Hall–Kier alpha value is -3.43. The van der Waals surface area contributed by atoms with E-state index in [0.29, 0.717) is 0 Å². The fourth-order valence-corrected chi connectivity index (χ4v) is 5.24. The summed E-state index contributed by atoms with van der Waals surface area (Å²) in [5, 5.41) is 22.0. The van der Waals surface area contributed by atoms with Gasteiger partial charge in [0.1, 0.15) is 12.6 Å². The highest BCUT2D eigenvalue weighted by atomic mass is 16.5. The van der Waals surface area contributed by atoms with Crippen LogP contribution in [-0.2, 0) is 19.1 Å². The van der Waals surface area contributed by atoms with Gasteiger partial charge in [0.05, 0.1) is 31.3 Å². The molecule has 0 saturated carbocycles. The van der Waals surface area contributed by atoms with E-state index in [1.54, 1.807) is 0 Å². The Morgan fingerprint density at radius 2 is 1.68 bits per heavy atom. The number of aliphatic carboxylic acids is 1. The lowest BCUT2D eigenvalue weighted by Crippen LogP contribution is -2.50. The Kier molecular flexibility index (Phi) is 5.97. The topological polar surface area (TPSA) is 125 Å². The van der Waals surface area contributed by atoms with Crippen LogP contribution in [-0.4, -0.2) is 77.6 Å². The number of carboxylic acid groups (broad SMARTS) is 1. The van der Waals surface area contributed by atoms with Crippen LogP contribution in [0, 0.1) is 5.92 Å². The number of amides is 2. The van der Waals surface area contributed by atoms with Gasteiger partial charge in [0.25, 0.3) is 0 Å². The van der Waals surface area contributed by atoms with Crippen LogP contribution in [0.15, 0.2) is 48.5 Å². The maximum absolute atomic E-state index is 13.0. The molecule has 34 heavy (non-hydrogen) atoms. The molecule has 2 amide bonds. The minimum absolute atomic E-state index is 0.0148. The Morgan fingerprint density at radius 1 is 1.03 bits per heavy atom. The maximum atomic E-state index is 13.0. The fourth-order valence-electron chi connectivity index (χ4n) is 5.24. The van der Waals surface area contributed by atoms with E-state index >= 15 is 0 Å². The molecule has 2 aromatic carbocycles. The van der Waals surface area contributed by atoms with Crippen LogP contribution in [0.3, 0.4) is 0 Å². The van der Waals surface area contributed by atoms with Crippen LogP contribution in [0.1, 0.15) is 23.5 Å². The van der Waals surface area contributed by atoms with E-state index < -0.39 is 42.1 Å². The smallest absolute Gasteiger partial charge is 0.407 e. The number of nitrogens with one attached hydrogen (secondary N) is 1. The summed E-state index contributed by atoms with van der Waals surface area (Å²) in [6.45, 7) is 0.274. The van der Waals surface area contributed by atoms with Crippen molar-refractivity contribution in [1.82, 2.24) is 10.2 Å². The predicted molar refractivity (Wildman–Crippen MR) is 120 cm³/mol. The zero-order valence-electron chi connectivity index (χ0n) is 18.4. The molecule has 2 aromatic rings. The molecule has 2 heterocycles. The molecule has 2 saturated heterocycles. The van der Waals surface area contributed by atoms with Crippen molar-refractivity contribution in [2.24, 2.45) is 5.92 Å². The molecule has 5 rings (SSSR count). The molecule has 178 valence electrons. The van der Waals surface area contributed by atoms with E-state index in [9.17, 15) is 24.6 Å². The van der Waals surface area contributed by atoms with Gasteiger partial charge in [0.2, 0.25) is 5.91 Å². The zero-order chi connectivity index (χ0) is 23.8. The van der Waals surface area contributed by atoms with E-state index in [1.807, 2.05) is 36.4 Å². The molecule has 2 aliphatic heterocycles. The summed E-state index contributed by atoms with van der Waals surface area (Å²) in [5.74, 6) is -2.44. The van der Waals surface area contributed by atoms with E-state index in [2.05, 4.69) is 17.4 Å². The number of aliphatic hydroxyl groups is 1. The summed E-state index contributed by atoms with van der Waals surface area (Å²) in [5.41, 5.74) is 4.45. The van der Waals surface area contributed by atoms with Crippen LogP contribution < -0.4 is 5.32 Å². The Labute approximate surface area is 196 Å². The molecule has 0 bridgehead atoms. The van der Waals surface area contributed by atoms with Crippen molar-refractivity contribution in [3.05, 3.63) is 59.7 Å². The number of alkyl carbamates (subject to hydrolysis) is 1. The monoisotopic (exact) mass is 466 g/mol. The van der Waals surface area contributed by atoms with Crippen LogP contribution in [0.4, 0.5) is 4.79 Å². The van der Waals surface area contributed by atoms with Gasteiger partial charge in [-0.15, -0.1) is 0 Å². The summed E-state index contributed by atoms with van der Waals surface area (Å²) in [4.78, 5) is 38.3. The van der Waals surface area contributed by atoms with Crippen LogP contribution in [0.5, 0.6) is 0 Å². The molecule has 2 fully saturated rings. The predicted octanol–water partition coefficient (Wildman–Crippen LogP) is 1.59. The number of likely N-dealkylation sites (tertiary alicyclic amines) is 1. The summed E-state index contributed by atoms with van der Waals surface area (Å²) < 4.78 is 11.0. The number of rotatable bonds is 5. The average Bonchev–Trinajstić information content (AvgIpc) is 3.53. The van der Waals surface area contributed by atoms with Crippen LogP contribution in [0.2, 0.25) is 0 Å². The lowest BCUT2D eigenvalue weighted by atomic mass is 9.98. The molecule has 0 radical (unpaired) electrons. The summed E-state index contributed by atoms with van der Waals surface area (Å²) >= 11 is 0. The molecular formula is C25H26N2O7. The van der Waals surface area contributed by atoms with E-state index in [0.717, 1.165) is 22.3 Å². The molecule has 9 nitrogen and oxygen atoms in total. The third-order valence-electron chi connectivity index (χ3n) is 6.89. The molecule has 3 N–H and O–H groups in total. The molecule has 3 aliphatic rings. The number of hydrogen-bond donors (Lipinski definition) is 3. The maximum Gasteiger partial charge on any atom is 0.407 e. The minimum atomic E-state index is -1.16. The highest BCUT2D eigenvalue weighted by Gasteiger charge is 2.45. The van der Waals surface area contributed by atoms with Crippen molar-refractivity contribution in [3.63, 3.8) is 0 Å². The third kappa shape index (κ3) is 4.01. The first-order valence-electron chi connectivity index (χ1n) is 11.3. The van der Waals surface area contributed by atoms with E-state index in [-0.39, 0.29) is 38.7 Å². The Morgan fingerprint density at radius 3 is 2.32 bits per heavy atom. The van der Waals surface area contributed by atoms with Crippen molar-refractivity contribution in [1.29, 1.82) is 0 Å². The summed E-state index contributed by atoms with van der Waals surface area (Å²) in [7, 11) is 0. The number of benzene rings is 2. The van der Waals surface area contributed by atoms with Crippen molar-refractivity contribution >= 4 is 18.0 Å². The van der Waals surface area contributed by atoms with E-state index in [1.165, 1.54) is 4.90 Å². The lowest BCUT2D eigenvalue weighted by Gasteiger charge is -2.27. The van der Waals surface area contributed by atoms with Gasteiger partial charge >= 0.3 is 12.1 Å². The first-order chi connectivity index (χ1) is 16.4. The number of carboxylic acids is 1. The number of β-amino-alcohol motifs (C(OH)–C–C–N with tert-alkyl or cyclic N) is 1. The highest BCUT2D eigenvalue weighted by molar-refractivity contribution is 5.87. The number of carbonyl (C=O) groups excluding carboxylic acids is 2. The molecule has 9 heteroatoms. The number of aliphatic hydroxyl groups excluding tert-OH is 1. The second kappa shape index (κ2) is 9.08. The molecule has 0 aromatic heterocycles. The number of fused-ring (bicyclic) bond motifs is 3. The Bertz CT molecular complexity index is 1070. The van der Waals surface area contributed by atoms with E-state index in [4.69, 9.17) is 9.47 Å². The SMILES string of the molecule is O=C(NC1COCC1C(=O)N1CC(O)C[C@H]1C(=O)O)OCC1c2ccccc2-c2ccccc21. The summed E-state index contributed by atoms with van der Waals surface area (Å²) in [6, 6.07) is 14.3. The average molecular weight is 466 g/mol. The van der Waals surface area contributed by atoms with Gasteiger partial charge in [-0.05, 0) is 22.3 Å². The van der Waals surface area contributed by atoms with Crippen molar-refractivity contribution in [2.75, 3.05) is 26.4 Å². The highest BCUT2D eigenvalue weighted by Crippen LogP contribution is 2.44. The number of hydrogen-bond acceptors (Lipinski definition) is 6. The van der Waals surface area contributed by atoms with Gasteiger partial charge in [-0.25, -0.2) is 9.59 Å². The quantitative estimate of drug-likeness (QED) is 0.611. The van der Waals surface area contributed by atoms with Crippen molar-refractivity contribution in [2.45, 2.75) is 30.5 Å². The van der Waals surface area contributed by atoms with Gasteiger partial charge in [-0.1, -0.05) is 48.5 Å². The van der Waals surface area contributed by atoms with Crippen molar-refractivity contribution in [3.8, 4) is 11.1 Å². The van der Waals surface area contributed by atoms with Crippen LogP contribution >= 0.6 is 0 Å². The standard InChI is InChI=1S/C25H26N2O7/c28-14-9-22(24(30)31)27(10-14)23(29)20-11-33-13-21(20)26-25(32)34-12-19-17-7-3-1-5-15(17)16-6-2-4-8-18(16)19/h1-8,14,19-22,28H,9-13H2,(H,26,32)(H,30,31)/t14?,20?,21?,22-/m0/s1. The van der Waals surface area contributed by atoms with Gasteiger partial charge in [-0.2, -0.15) is 0 Å². The molecule has 3 unspecified atom stereocenters. The molecular weight excluding hydrogens is 440 g/mol. The van der Waals surface area contributed by atoms with Gasteiger partial charge < -0.3 is 29.9 Å². The number of nitrogens with zero attached hydrogens (tertiary/aromatic N) is 1. The normalized spacial score (nSPS) is 25.6. The van der Waals surface area contributed by atoms with Gasteiger partial charge in [0.15, 0.2) is 0 Å². The largest absolute Gasteiger partial charge is 0.480 e. The lowest BCUT2D eigenvalue weighted by molar-refractivity contribution is -0.150. The summed E-state index contributed by atoms with van der Waals surface area (Å²) in [6.07, 6.45) is -1.56. The molecule has 0 spiro atoms. The van der Waals surface area contributed by atoms with Crippen molar-refractivity contribution < 1.29 is 34.1 Å². The first-order valence-corrected chi connectivity index (χ1v) is 11.3. The second-order valence-corrected chi connectivity index (χ2v) is 8.95. The second-order valence-electron chi connectivity index (χ2n) is 8.95. The fraction of sp³-hybridized carbons (Fsp3) is 0.400. The third-order valence-corrected chi connectivity index (χ3v) is 6.89. The molecule has 1 aliphatic carbocycles. The molecule has 4 atom stereocenters. The Balaban J connectivity index is 1.23. The first kappa shape index (κ1) is 22.4. The zero-order valence-corrected chi connectivity index (χ0v) is 18.4. The number of carbonyl (C=O) groups is 3. The van der Waals surface area contributed by atoms with Gasteiger partial charge in [0, 0.05) is 18.9 Å². The minimum Gasteiger partial charge on any atom is -0.480 e.